The minimum Gasteiger partial charge on any atom is -0.338 e. The average molecular weight is 329 g/mol. The van der Waals surface area contributed by atoms with Gasteiger partial charge in [0.05, 0.1) is 11.4 Å². The number of aryl methyl sites for hydroxylation is 1. The Morgan fingerprint density at radius 2 is 1.96 bits per heavy atom. The minimum atomic E-state index is 0.106. The Morgan fingerprint density at radius 1 is 1.22 bits per heavy atom. The molecule has 0 unspecified atom stereocenters. The molecule has 2 heterocycles. The van der Waals surface area contributed by atoms with Crippen molar-refractivity contribution in [2.75, 3.05) is 7.05 Å². The maximum atomic E-state index is 12.9. The van der Waals surface area contributed by atoms with Gasteiger partial charge >= 0.3 is 0 Å². The first-order valence-corrected chi connectivity index (χ1v) is 9.14. The van der Waals surface area contributed by atoms with Crippen molar-refractivity contribution in [3.8, 4) is 10.7 Å². The van der Waals surface area contributed by atoms with E-state index in [-0.39, 0.29) is 5.91 Å². The number of carbonyl (C=O) groups excluding carboxylic acids is 1. The predicted molar refractivity (Wildman–Crippen MR) is 93.7 cm³/mol. The van der Waals surface area contributed by atoms with Gasteiger partial charge in [-0.2, -0.15) is 0 Å². The van der Waals surface area contributed by atoms with Gasteiger partial charge in [-0.05, 0) is 31.9 Å². The summed E-state index contributed by atoms with van der Waals surface area (Å²) in [6, 6.07) is 6.13. The second-order valence-electron chi connectivity index (χ2n) is 6.21. The summed E-state index contributed by atoms with van der Waals surface area (Å²) >= 11 is 1.45. The second-order valence-corrected chi connectivity index (χ2v) is 7.21. The van der Waals surface area contributed by atoms with Crippen LogP contribution in [-0.4, -0.2) is 33.9 Å². The van der Waals surface area contributed by atoms with E-state index in [1.807, 2.05) is 37.1 Å². The molecule has 4 nitrogen and oxygen atoms in total. The van der Waals surface area contributed by atoms with Gasteiger partial charge in [0.1, 0.15) is 9.88 Å². The maximum absolute atomic E-state index is 12.9. The van der Waals surface area contributed by atoms with Crippen molar-refractivity contribution in [1.29, 1.82) is 0 Å². The molecule has 122 valence electrons. The molecular weight excluding hydrogens is 306 g/mol. The molecule has 0 radical (unpaired) electrons. The molecule has 0 aliphatic heterocycles. The molecule has 1 aliphatic carbocycles. The Labute approximate surface area is 141 Å². The van der Waals surface area contributed by atoms with Gasteiger partial charge in [-0.3, -0.25) is 9.78 Å². The number of hydrogen-bond donors (Lipinski definition) is 0. The molecule has 5 heteroatoms. The zero-order chi connectivity index (χ0) is 16.2. The lowest BCUT2D eigenvalue weighted by Crippen LogP contribution is -2.36. The molecule has 0 N–H and O–H groups in total. The summed E-state index contributed by atoms with van der Waals surface area (Å²) in [6.07, 6.45) is 9.03. The van der Waals surface area contributed by atoms with E-state index < -0.39 is 0 Å². The molecule has 1 fully saturated rings. The van der Waals surface area contributed by atoms with Gasteiger partial charge in [-0.15, -0.1) is 11.3 Å². The topological polar surface area (TPSA) is 46.1 Å². The Bertz CT molecular complexity index is 660. The van der Waals surface area contributed by atoms with Crippen molar-refractivity contribution in [3.05, 3.63) is 35.0 Å². The summed E-state index contributed by atoms with van der Waals surface area (Å²) in [6.45, 7) is 1.91. The average Bonchev–Trinajstić information content (AvgIpc) is 2.79. The largest absolute Gasteiger partial charge is 0.338 e. The molecule has 1 aliphatic rings. The van der Waals surface area contributed by atoms with Crippen molar-refractivity contribution < 1.29 is 4.79 Å². The highest BCUT2D eigenvalue weighted by Crippen LogP contribution is 2.29. The van der Waals surface area contributed by atoms with Gasteiger partial charge < -0.3 is 4.90 Å². The fourth-order valence-electron chi connectivity index (χ4n) is 3.16. The van der Waals surface area contributed by atoms with Gasteiger partial charge in [-0.25, -0.2) is 4.98 Å². The van der Waals surface area contributed by atoms with Crippen molar-refractivity contribution >= 4 is 17.2 Å². The molecule has 3 rings (SSSR count). The first-order valence-electron chi connectivity index (χ1n) is 8.33. The van der Waals surface area contributed by atoms with E-state index in [0.717, 1.165) is 34.1 Å². The molecule has 1 amide bonds. The van der Waals surface area contributed by atoms with Gasteiger partial charge in [0.25, 0.3) is 5.91 Å². The van der Waals surface area contributed by atoms with Crippen LogP contribution in [0.2, 0.25) is 0 Å². The molecular formula is C18H23N3OS. The Hall–Kier alpha value is -1.75. The number of hydrogen-bond acceptors (Lipinski definition) is 4. The molecule has 2 aromatic rings. The highest BCUT2D eigenvalue weighted by Gasteiger charge is 2.25. The SMILES string of the molecule is Cc1nc(-c2ccccn2)sc1C(=O)N(C)C1CCCCCC1. The van der Waals surface area contributed by atoms with E-state index in [0.29, 0.717) is 6.04 Å². The first kappa shape index (κ1) is 16.1. The zero-order valence-electron chi connectivity index (χ0n) is 13.8. The number of thiazole rings is 1. The molecule has 1 saturated carbocycles. The van der Waals surface area contributed by atoms with E-state index in [1.165, 1.54) is 37.0 Å². The van der Waals surface area contributed by atoms with E-state index in [9.17, 15) is 4.79 Å². The van der Waals surface area contributed by atoms with Crippen LogP contribution < -0.4 is 0 Å². The molecule has 23 heavy (non-hydrogen) atoms. The number of aromatic nitrogens is 2. The second kappa shape index (κ2) is 7.21. The Balaban J connectivity index is 1.80. The van der Waals surface area contributed by atoms with Crippen LogP contribution in [0, 0.1) is 6.92 Å². The minimum absolute atomic E-state index is 0.106. The quantitative estimate of drug-likeness (QED) is 0.788. The summed E-state index contributed by atoms with van der Waals surface area (Å²) in [4.78, 5) is 24.5. The fraction of sp³-hybridized carbons (Fsp3) is 0.500. The summed E-state index contributed by atoms with van der Waals surface area (Å²) in [7, 11) is 1.94. The molecule has 0 atom stereocenters. The van der Waals surface area contributed by atoms with E-state index in [1.54, 1.807) is 6.20 Å². The molecule has 2 aromatic heterocycles. The number of amides is 1. The standard InChI is InChI=1S/C18H23N3OS/c1-13-16(23-17(20-13)15-11-7-8-12-19-15)18(22)21(2)14-9-5-3-4-6-10-14/h7-8,11-12,14H,3-6,9-10H2,1-2H3. The summed E-state index contributed by atoms with van der Waals surface area (Å²) in [5.74, 6) is 0.106. The molecule has 0 spiro atoms. The highest BCUT2D eigenvalue weighted by molar-refractivity contribution is 7.17. The van der Waals surface area contributed by atoms with Crippen LogP contribution in [0.15, 0.2) is 24.4 Å². The molecule has 0 aromatic carbocycles. The maximum Gasteiger partial charge on any atom is 0.265 e. The molecule has 0 bridgehead atoms. The van der Waals surface area contributed by atoms with E-state index in [4.69, 9.17) is 0 Å². The Kier molecular flexibility index (Phi) is 5.06. The van der Waals surface area contributed by atoms with Crippen LogP contribution in [0.5, 0.6) is 0 Å². The third-order valence-corrected chi connectivity index (χ3v) is 5.74. The van der Waals surface area contributed by atoms with Crippen molar-refractivity contribution in [2.45, 2.75) is 51.5 Å². The monoisotopic (exact) mass is 329 g/mol. The number of pyridine rings is 1. The van der Waals surface area contributed by atoms with Crippen molar-refractivity contribution in [3.63, 3.8) is 0 Å². The lowest BCUT2D eigenvalue weighted by molar-refractivity contribution is 0.0721. The van der Waals surface area contributed by atoms with E-state index >= 15 is 0 Å². The van der Waals surface area contributed by atoms with Crippen molar-refractivity contribution in [1.82, 2.24) is 14.9 Å². The number of carbonyl (C=O) groups is 1. The van der Waals surface area contributed by atoms with Gasteiger partial charge in [-0.1, -0.05) is 31.7 Å². The predicted octanol–water partition coefficient (Wildman–Crippen LogP) is 4.31. The van der Waals surface area contributed by atoms with Crippen LogP contribution in [0.3, 0.4) is 0 Å². The van der Waals surface area contributed by atoms with E-state index in [2.05, 4.69) is 9.97 Å². The number of nitrogens with zero attached hydrogens (tertiary/aromatic N) is 3. The third-order valence-electron chi connectivity index (χ3n) is 4.57. The molecule has 0 saturated heterocycles. The summed E-state index contributed by atoms with van der Waals surface area (Å²) in [5, 5.41) is 0.820. The normalized spacial score (nSPS) is 16.1. The van der Waals surface area contributed by atoms with Crippen molar-refractivity contribution in [2.24, 2.45) is 0 Å². The van der Waals surface area contributed by atoms with Crippen LogP contribution in [0.1, 0.15) is 53.9 Å². The first-order chi connectivity index (χ1) is 11.2. The summed E-state index contributed by atoms with van der Waals surface area (Å²) in [5.41, 5.74) is 1.64. The lowest BCUT2D eigenvalue weighted by Gasteiger charge is -2.26. The van der Waals surface area contributed by atoms with Gasteiger partial charge in [0, 0.05) is 19.3 Å². The van der Waals surface area contributed by atoms with Gasteiger partial charge in [0.15, 0.2) is 0 Å². The third kappa shape index (κ3) is 3.61. The van der Waals surface area contributed by atoms with Crippen LogP contribution in [0.25, 0.3) is 10.7 Å². The summed E-state index contributed by atoms with van der Waals surface area (Å²) < 4.78 is 0. The fourth-order valence-corrected chi connectivity index (χ4v) is 4.19. The Morgan fingerprint density at radius 3 is 2.61 bits per heavy atom. The highest BCUT2D eigenvalue weighted by atomic mass is 32.1. The van der Waals surface area contributed by atoms with Crippen LogP contribution in [-0.2, 0) is 0 Å². The number of rotatable bonds is 3. The smallest absolute Gasteiger partial charge is 0.265 e. The zero-order valence-corrected chi connectivity index (χ0v) is 14.6. The van der Waals surface area contributed by atoms with Crippen LogP contribution in [0.4, 0.5) is 0 Å². The van der Waals surface area contributed by atoms with Crippen LogP contribution >= 0.6 is 11.3 Å². The van der Waals surface area contributed by atoms with Gasteiger partial charge in [0.2, 0.25) is 0 Å². The lowest BCUT2D eigenvalue weighted by atomic mass is 10.1.